The molecule has 1 aliphatic carbocycles. The Bertz CT molecular complexity index is 2040. The van der Waals surface area contributed by atoms with Crippen molar-refractivity contribution in [2.75, 3.05) is 13.2 Å². The lowest BCUT2D eigenvalue weighted by molar-refractivity contribution is -0.123. The smallest absolute Gasteiger partial charge is 0.407 e. The van der Waals surface area contributed by atoms with Gasteiger partial charge in [0.1, 0.15) is 18.2 Å². The third kappa shape index (κ3) is 9.04. The summed E-state index contributed by atoms with van der Waals surface area (Å²) in [6.07, 6.45) is 12.8. The normalized spacial score (nSPS) is 12.7. The molecule has 0 unspecified atom stereocenters. The molecule has 0 aliphatic heterocycles. The predicted molar refractivity (Wildman–Crippen MR) is 228 cm³/mol. The van der Waals surface area contributed by atoms with E-state index in [9.17, 15) is 9.59 Å². The molecule has 2 N–H and O–H groups in total. The first kappa shape index (κ1) is 39.3. The number of unbranched alkanes of at least 4 members (excludes halogenated alkanes) is 7. The van der Waals surface area contributed by atoms with E-state index in [4.69, 9.17) is 9.72 Å². The van der Waals surface area contributed by atoms with Crippen molar-refractivity contribution in [1.82, 2.24) is 20.2 Å². The molecular weight excluding hydrogens is 705 g/mol. The first-order chi connectivity index (χ1) is 28.1. The van der Waals surface area contributed by atoms with Crippen molar-refractivity contribution in [3.05, 3.63) is 186 Å². The van der Waals surface area contributed by atoms with E-state index in [1.165, 1.54) is 32.1 Å². The summed E-state index contributed by atoms with van der Waals surface area (Å²) in [5, 5.41) is 6.05. The molecule has 6 aromatic rings. The van der Waals surface area contributed by atoms with Crippen LogP contribution in [0.1, 0.15) is 97.7 Å². The highest BCUT2D eigenvalue weighted by Gasteiger charge is 2.39. The van der Waals surface area contributed by atoms with Gasteiger partial charge in [0, 0.05) is 25.1 Å². The van der Waals surface area contributed by atoms with E-state index in [1.54, 1.807) is 0 Å². The third-order valence-electron chi connectivity index (χ3n) is 11.3. The van der Waals surface area contributed by atoms with Gasteiger partial charge in [-0.2, -0.15) is 0 Å². The monoisotopic (exact) mass is 758 g/mol. The summed E-state index contributed by atoms with van der Waals surface area (Å²) >= 11 is 0. The van der Waals surface area contributed by atoms with Gasteiger partial charge in [0.25, 0.3) is 0 Å². The lowest BCUT2D eigenvalue weighted by atomic mass is 9.77. The quantitative estimate of drug-likeness (QED) is 0.0636. The highest BCUT2D eigenvalue weighted by Crippen LogP contribution is 2.45. The summed E-state index contributed by atoms with van der Waals surface area (Å²) in [4.78, 5) is 32.5. The number of alkyl carbamates (subject to hydrolysis) is 1. The summed E-state index contributed by atoms with van der Waals surface area (Å²) in [6.45, 7) is 2.94. The van der Waals surface area contributed by atoms with Gasteiger partial charge in [-0.05, 0) is 45.4 Å². The number of hydrogen-bond acceptors (Lipinski definition) is 4. The Morgan fingerprint density at radius 3 is 1.70 bits per heavy atom. The molecule has 292 valence electrons. The van der Waals surface area contributed by atoms with E-state index in [1.807, 2.05) is 55.0 Å². The zero-order chi connectivity index (χ0) is 39.3. The molecule has 7 rings (SSSR count). The van der Waals surface area contributed by atoms with Gasteiger partial charge < -0.3 is 19.9 Å². The first-order valence-corrected chi connectivity index (χ1v) is 20.7. The Balaban J connectivity index is 1.11. The van der Waals surface area contributed by atoms with E-state index in [2.05, 4.69) is 119 Å². The van der Waals surface area contributed by atoms with Gasteiger partial charge >= 0.3 is 6.09 Å². The summed E-state index contributed by atoms with van der Waals surface area (Å²) in [7, 11) is 0. The Kier molecular flexibility index (Phi) is 13.3. The number of ether oxygens (including phenoxy) is 1. The largest absolute Gasteiger partial charge is 0.449 e. The van der Waals surface area contributed by atoms with Crippen LogP contribution < -0.4 is 10.6 Å². The lowest BCUT2D eigenvalue weighted by Gasteiger charge is -2.37. The van der Waals surface area contributed by atoms with Gasteiger partial charge in [-0.25, -0.2) is 9.78 Å². The lowest BCUT2D eigenvalue weighted by Crippen LogP contribution is -2.48. The van der Waals surface area contributed by atoms with Crippen molar-refractivity contribution in [3.63, 3.8) is 0 Å². The Labute approximate surface area is 337 Å². The van der Waals surface area contributed by atoms with Crippen LogP contribution in [0.15, 0.2) is 152 Å². The summed E-state index contributed by atoms with van der Waals surface area (Å²) < 4.78 is 8.06. The number of aromatic nitrogens is 2. The van der Waals surface area contributed by atoms with Crippen molar-refractivity contribution in [1.29, 1.82) is 0 Å². The predicted octanol–water partition coefficient (Wildman–Crippen LogP) is 10.4. The fraction of sp³-hybridized carbons (Fsp3) is 0.300. The highest BCUT2D eigenvalue weighted by molar-refractivity contribution is 5.86. The average Bonchev–Trinajstić information content (AvgIpc) is 3.86. The summed E-state index contributed by atoms with van der Waals surface area (Å²) in [6, 6.07) is 46.9. The van der Waals surface area contributed by atoms with Gasteiger partial charge in [-0.1, -0.05) is 191 Å². The van der Waals surface area contributed by atoms with E-state index in [0.29, 0.717) is 12.2 Å². The number of benzene rings is 5. The Morgan fingerprint density at radius 1 is 0.667 bits per heavy atom. The first-order valence-electron chi connectivity index (χ1n) is 20.7. The van der Waals surface area contributed by atoms with Crippen LogP contribution in [-0.4, -0.2) is 40.7 Å². The van der Waals surface area contributed by atoms with Gasteiger partial charge in [-0.15, -0.1) is 0 Å². The molecule has 1 aromatic heterocycles. The molecule has 0 saturated carbocycles. The highest BCUT2D eigenvalue weighted by atomic mass is 16.5. The van der Waals surface area contributed by atoms with Crippen LogP contribution in [0, 0.1) is 0 Å². The molecule has 57 heavy (non-hydrogen) atoms. The van der Waals surface area contributed by atoms with E-state index in [-0.39, 0.29) is 24.9 Å². The molecular formula is C50H54N4O3. The third-order valence-corrected chi connectivity index (χ3v) is 11.3. The molecule has 2 amide bonds. The van der Waals surface area contributed by atoms with Crippen LogP contribution in [0.4, 0.5) is 4.79 Å². The van der Waals surface area contributed by atoms with Gasteiger partial charge in [0.15, 0.2) is 0 Å². The molecule has 7 nitrogen and oxygen atoms in total. The zero-order valence-corrected chi connectivity index (χ0v) is 33.0. The number of rotatable bonds is 19. The number of fused-ring (bicyclic) bond motifs is 3. The maximum atomic E-state index is 13.9. The van der Waals surface area contributed by atoms with Crippen molar-refractivity contribution < 1.29 is 14.3 Å². The van der Waals surface area contributed by atoms with Crippen molar-refractivity contribution in [2.24, 2.45) is 0 Å². The minimum Gasteiger partial charge on any atom is -0.449 e. The van der Waals surface area contributed by atoms with Crippen molar-refractivity contribution >= 4 is 12.0 Å². The van der Waals surface area contributed by atoms with Crippen LogP contribution in [0.2, 0.25) is 0 Å². The zero-order valence-electron chi connectivity index (χ0n) is 33.0. The molecule has 0 radical (unpaired) electrons. The number of imidazole rings is 1. The van der Waals surface area contributed by atoms with Crippen molar-refractivity contribution in [2.45, 2.75) is 82.2 Å². The number of carbonyl (C=O) groups excluding carboxylic acids is 2. The second kappa shape index (κ2) is 19.3. The van der Waals surface area contributed by atoms with Crippen LogP contribution in [0.5, 0.6) is 0 Å². The number of carbonyl (C=O) groups is 2. The second-order valence-electron chi connectivity index (χ2n) is 15.1. The minimum absolute atomic E-state index is 0.0878. The van der Waals surface area contributed by atoms with E-state index < -0.39 is 17.7 Å². The molecule has 7 heteroatoms. The fourth-order valence-electron chi connectivity index (χ4n) is 8.43. The molecule has 1 aliphatic rings. The topological polar surface area (TPSA) is 85.3 Å². The minimum atomic E-state index is -0.891. The summed E-state index contributed by atoms with van der Waals surface area (Å²) in [5.41, 5.74) is 7.73. The number of amides is 2. The van der Waals surface area contributed by atoms with Crippen LogP contribution >= 0.6 is 0 Å². The maximum absolute atomic E-state index is 13.9. The van der Waals surface area contributed by atoms with Gasteiger partial charge in [-0.3, -0.25) is 4.79 Å². The fourth-order valence-corrected chi connectivity index (χ4v) is 8.43. The molecule has 0 saturated heterocycles. The van der Waals surface area contributed by atoms with E-state index in [0.717, 1.165) is 58.2 Å². The van der Waals surface area contributed by atoms with Gasteiger partial charge in [0.05, 0.1) is 12.0 Å². The van der Waals surface area contributed by atoms with Crippen LogP contribution in [0.25, 0.3) is 11.1 Å². The van der Waals surface area contributed by atoms with Crippen LogP contribution in [-0.2, 0) is 21.5 Å². The Hall–Kier alpha value is -5.95. The molecule has 1 heterocycles. The molecule has 0 spiro atoms. The van der Waals surface area contributed by atoms with Crippen LogP contribution in [0.3, 0.4) is 0 Å². The molecule has 5 aromatic carbocycles. The summed E-state index contributed by atoms with van der Waals surface area (Å²) in [5.74, 6) is -0.336. The van der Waals surface area contributed by atoms with Gasteiger partial charge in [0.2, 0.25) is 5.91 Å². The SMILES string of the molecule is CCCCCCCCCCNC(=O)[C@H](Cc1cn(C(c2ccccc2)(c2ccccc2)c2ccccc2)cn1)NC(=O)OCC1c2ccccc2-c2ccccc21. The number of nitrogens with zero attached hydrogens (tertiary/aromatic N) is 2. The van der Waals surface area contributed by atoms with E-state index >= 15 is 0 Å². The average molecular weight is 759 g/mol. The standard InChI is InChI=1S/C50H54N4O3/c1-2-3-4-5-6-7-8-22-33-51-48(55)47(53-49(56)57-36-46-44-31-20-18-29-42(44)43-30-19-21-32-45(43)46)34-41-35-54(37-52-41)50(38-23-12-9-13-24-38,39-25-14-10-15-26-39)40-27-16-11-17-28-40/h9-21,23-32,35,37,46-47H,2-8,22,33-34,36H2,1H3,(H,51,55)(H,53,56)/t47-/m0/s1. The number of hydrogen-bond donors (Lipinski definition) is 2. The maximum Gasteiger partial charge on any atom is 0.407 e. The second-order valence-corrected chi connectivity index (χ2v) is 15.1. The Morgan fingerprint density at radius 2 is 1.16 bits per heavy atom. The molecule has 1 atom stereocenters. The molecule has 0 fully saturated rings. The molecule has 0 bridgehead atoms. The number of nitrogens with one attached hydrogen (secondary N) is 2. The van der Waals surface area contributed by atoms with Crippen molar-refractivity contribution in [3.8, 4) is 11.1 Å².